The van der Waals surface area contributed by atoms with Crippen LogP contribution < -0.4 is 5.32 Å². The van der Waals surface area contributed by atoms with Gasteiger partial charge in [0, 0.05) is 52.9 Å². The first kappa shape index (κ1) is 14.6. The lowest BCUT2D eigenvalue weighted by molar-refractivity contribution is 0.440. The lowest BCUT2D eigenvalue weighted by Gasteiger charge is -2.24. The number of sulfonamides is 1. The molecule has 1 saturated carbocycles. The van der Waals surface area contributed by atoms with Crippen LogP contribution in [0.4, 0.5) is 0 Å². The van der Waals surface area contributed by atoms with Crippen molar-refractivity contribution in [2.24, 2.45) is 0 Å². The summed E-state index contributed by atoms with van der Waals surface area (Å²) >= 11 is 1.34. The van der Waals surface area contributed by atoms with E-state index < -0.39 is 20.8 Å². The topological polar surface area (TPSA) is 66.5 Å². The van der Waals surface area contributed by atoms with E-state index in [0.717, 1.165) is 11.4 Å². The highest BCUT2D eigenvalue weighted by Crippen LogP contribution is 2.27. The van der Waals surface area contributed by atoms with E-state index in [-0.39, 0.29) is 0 Å². The van der Waals surface area contributed by atoms with Crippen LogP contribution in [0.1, 0.15) is 17.7 Å². The van der Waals surface area contributed by atoms with Gasteiger partial charge in [0.05, 0.1) is 0 Å². The summed E-state index contributed by atoms with van der Waals surface area (Å²) in [5, 5.41) is 3.38. The first-order chi connectivity index (χ1) is 9.55. The molecule has 0 spiro atoms. The molecule has 2 heterocycles. The van der Waals surface area contributed by atoms with Gasteiger partial charge in [0.15, 0.2) is 0 Å². The van der Waals surface area contributed by atoms with Gasteiger partial charge in [-0.05, 0) is 25.0 Å². The number of rotatable bonds is 5. The van der Waals surface area contributed by atoms with E-state index in [2.05, 4.69) is 5.32 Å². The fourth-order valence-electron chi connectivity index (χ4n) is 2.11. The standard InChI is InChI=1S/C12H18N2O3S3/c15-19-7-5-14(6-8-19)20(16,17)12-4-3-11(18-12)9-13-10-1-2-10/h3-4,10,13H,1-2,5-9H2. The minimum Gasteiger partial charge on any atom is -0.309 e. The van der Waals surface area contributed by atoms with E-state index in [1.807, 2.05) is 6.07 Å². The van der Waals surface area contributed by atoms with Crippen molar-refractivity contribution in [2.75, 3.05) is 24.6 Å². The monoisotopic (exact) mass is 334 g/mol. The van der Waals surface area contributed by atoms with Crippen LogP contribution in [0.15, 0.2) is 16.3 Å². The maximum Gasteiger partial charge on any atom is 0.252 e. The van der Waals surface area contributed by atoms with E-state index in [0.29, 0.717) is 34.8 Å². The van der Waals surface area contributed by atoms with E-state index in [4.69, 9.17) is 0 Å². The lowest BCUT2D eigenvalue weighted by Crippen LogP contribution is -2.41. The lowest BCUT2D eigenvalue weighted by atomic mass is 10.4. The molecule has 8 heteroatoms. The molecule has 3 rings (SSSR count). The Kier molecular flexibility index (Phi) is 4.28. The van der Waals surface area contributed by atoms with E-state index in [9.17, 15) is 12.6 Å². The molecule has 0 unspecified atom stereocenters. The predicted octanol–water partition coefficient (Wildman–Crippen LogP) is 0.753. The summed E-state index contributed by atoms with van der Waals surface area (Å²) < 4.78 is 38.1. The fourth-order valence-corrected chi connectivity index (χ4v) is 6.30. The molecule has 0 aromatic carbocycles. The summed E-state index contributed by atoms with van der Waals surface area (Å²) in [6.45, 7) is 1.47. The van der Waals surface area contributed by atoms with Crippen molar-refractivity contribution in [3.8, 4) is 0 Å². The summed E-state index contributed by atoms with van der Waals surface area (Å²) in [5.41, 5.74) is 0. The first-order valence-corrected chi connectivity index (χ1v) is 10.5. The highest BCUT2D eigenvalue weighted by molar-refractivity contribution is 7.91. The van der Waals surface area contributed by atoms with Crippen LogP contribution in [0.2, 0.25) is 0 Å². The minimum absolute atomic E-state index is 0.364. The number of hydrogen-bond acceptors (Lipinski definition) is 5. The first-order valence-electron chi connectivity index (χ1n) is 6.73. The summed E-state index contributed by atoms with van der Waals surface area (Å²) in [7, 11) is -4.26. The number of nitrogens with zero attached hydrogens (tertiary/aromatic N) is 1. The number of nitrogens with one attached hydrogen (secondary N) is 1. The molecular formula is C12H18N2O3S3. The maximum atomic E-state index is 12.5. The largest absolute Gasteiger partial charge is 0.309 e. The average molecular weight is 334 g/mol. The van der Waals surface area contributed by atoms with Crippen molar-refractivity contribution in [2.45, 2.75) is 29.6 Å². The predicted molar refractivity (Wildman–Crippen MR) is 80.8 cm³/mol. The second-order valence-electron chi connectivity index (χ2n) is 5.13. The molecule has 0 radical (unpaired) electrons. The van der Waals surface area contributed by atoms with Gasteiger partial charge in [-0.3, -0.25) is 4.21 Å². The van der Waals surface area contributed by atoms with Gasteiger partial charge in [-0.25, -0.2) is 8.42 Å². The fraction of sp³-hybridized carbons (Fsp3) is 0.667. The quantitative estimate of drug-likeness (QED) is 0.863. The molecule has 112 valence electrons. The molecule has 0 atom stereocenters. The van der Waals surface area contributed by atoms with Crippen molar-refractivity contribution in [1.29, 1.82) is 0 Å². The molecule has 2 fully saturated rings. The van der Waals surface area contributed by atoms with Crippen molar-refractivity contribution in [1.82, 2.24) is 9.62 Å². The van der Waals surface area contributed by atoms with Crippen LogP contribution in [0, 0.1) is 0 Å². The van der Waals surface area contributed by atoms with Gasteiger partial charge in [0.2, 0.25) is 0 Å². The van der Waals surface area contributed by atoms with Crippen LogP contribution >= 0.6 is 11.3 Å². The maximum absolute atomic E-state index is 12.5. The molecule has 1 aromatic rings. The van der Waals surface area contributed by atoms with Gasteiger partial charge in [0.1, 0.15) is 4.21 Å². The summed E-state index contributed by atoms with van der Waals surface area (Å²) in [6.07, 6.45) is 2.45. The zero-order chi connectivity index (χ0) is 14.2. The Morgan fingerprint density at radius 3 is 2.65 bits per heavy atom. The van der Waals surface area contributed by atoms with E-state index >= 15 is 0 Å². The van der Waals surface area contributed by atoms with Gasteiger partial charge in [-0.15, -0.1) is 11.3 Å². The molecule has 1 aromatic heterocycles. The van der Waals surface area contributed by atoms with Crippen molar-refractivity contribution in [3.63, 3.8) is 0 Å². The van der Waals surface area contributed by atoms with Crippen LogP contribution in [0.3, 0.4) is 0 Å². The van der Waals surface area contributed by atoms with E-state index in [1.165, 1.54) is 28.5 Å². The Morgan fingerprint density at radius 1 is 1.30 bits per heavy atom. The Labute approximate surface area is 125 Å². The van der Waals surface area contributed by atoms with Gasteiger partial charge in [-0.2, -0.15) is 4.31 Å². The minimum atomic E-state index is -3.40. The molecule has 1 N–H and O–H groups in total. The van der Waals surface area contributed by atoms with E-state index in [1.54, 1.807) is 6.07 Å². The van der Waals surface area contributed by atoms with Gasteiger partial charge in [-0.1, -0.05) is 0 Å². The summed E-state index contributed by atoms with van der Waals surface area (Å²) in [5.74, 6) is 0.890. The highest BCUT2D eigenvalue weighted by atomic mass is 32.2. The van der Waals surface area contributed by atoms with Crippen molar-refractivity contribution < 1.29 is 12.6 Å². The Balaban J connectivity index is 1.68. The third kappa shape index (κ3) is 3.30. The zero-order valence-corrected chi connectivity index (χ0v) is 13.5. The highest BCUT2D eigenvalue weighted by Gasteiger charge is 2.29. The molecule has 0 amide bonds. The van der Waals surface area contributed by atoms with Gasteiger partial charge < -0.3 is 5.32 Å². The Morgan fingerprint density at radius 2 is 2.00 bits per heavy atom. The number of thiophene rings is 1. The summed E-state index contributed by atoms with van der Waals surface area (Å²) in [4.78, 5) is 1.05. The Bertz CT molecular complexity index is 597. The average Bonchev–Trinajstić information content (AvgIpc) is 3.13. The second kappa shape index (κ2) is 5.84. The molecule has 5 nitrogen and oxygen atoms in total. The SMILES string of the molecule is O=S1CCN(S(=O)(=O)c2ccc(CNC3CC3)s2)CC1. The molecule has 1 saturated heterocycles. The Hall–Kier alpha value is -0.280. The van der Waals surface area contributed by atoms with Gasteiger partial charge >= 0.3 is 0 Å². The van der Waals surface area contributed by atoms with Crippen LogP contribution in [-0.2, 0) is 27.4 Å². The second-order valence-corrected chi connectivity index (χ2v) is 10.2. The summed E-state index contributed by atoms with van der Waals surface area (Å²) in [6, 6.07) is 4.19. The van der Waals surface area contributed by atoms with Crippen LogP contribution in [0.5, 0.6) is 0 Å². The third-order valence-corrected chi connectivity index (χ3v) is 8.24. The molecule has 1 aliphatic carbocycles. The van der Waals surface area contributed by atoms with Gasteiger partial charge in [0.25, 0.3) is 10.0 Å². The molecule has 1 aliphatic heterocycles. The molecule has 0 bridgehead atoms. The molecule has 2 aliphatic rings. The smallest absolute Gasteiger partial charge is 0.252 e. The van der Waals surface area contributed by atoms with Crippen LogP contribution in [0.25, 0.3) is 0 Å². The normalized spacial score (nSPS) is 22.2. The van der Waals surface area contributed by atoms with Crippen LogP contribution in [-0.4, -0.2) is 47.6 Å². The van der Waals surface area contributed by atoms with Crippen molar-refractivity contribution >= 4 is 32.2 Å². The zero-order valence-electron chi connectivity index (χ0n) is 11.1. The van der Waals surface area contributed by atoms with Crippen molar-refractivity contribution in [3.05, 3.63) is 17.0 Å². The molecular weight excluding hydrogens is 316 g/mol. The molecule has 20 heavy (non-hydrogen) atoms. The number of hydrogen-bond donors (Lipinski definition) is 1. The third-order valence-electron chi connectivity index (χ3n) is 3.51.